The number of hydrogen-bond acceptors (Lipinski definition) is 5. The summed E-state index contributed by atoms with van der Waals surface area (Å²) in [4.78, 5) is 24.6. The van der Waals surface area contributed by atoms with Gasteiger partial charge in [-0.3, -0.25) is 9.78 Å². The van der Waals surface area contributed by atoms with E-state index in [1.54, 1.807) is 36.7 Å². The van der Waals surface area contributed by atoms with E-state index in [0.717, 1.165) is 36.6 Å². The number of carbonyl (C=O) groups excluding carboxylic acids is 1. The molecule has 3 heterocycles. The predicted octanol–water partition coefficient (Wildman–Crippen LogP) is 3.33. The molecule has 1 fully saturated rings. The lowest BCUT2D eigenvalue weighted by atomic mass is 9.98. The number of piperidine rings is 1. The van der Waals surface area contributed by atoms with Crippen LogP contribution < -0.4 is 4.74 Å². The fourth-order valence-corrected chi connectivity index (χ4v) is 4.03. The molecule has 0 radical (unpaired) electrons. The molecular formula is C18H23N3O2S. The van der Waals surface area contributed by atoms with Crippen LogP contribution >= 0.6 is 11.3 Å². The minimum absolute atomic E-state index is 0.0357. The molecule has 1 amide bonds. The van der Waals surface area contributed by atoms with Gasteiger partial charge in [0, 0.05) is 30.1 Å². The molecule has 0 saturated carbocycles. The number of thiazole rings is 1. The lowest BCUT2D eigenvalue weighted by Crippen LogP contribution is -2.45. The smallest absolute Gasteiger partial charge is 0.263 e. The van der Waals surface area contributed by atoms with Gasteiger partial charge in [-0.05, 0) is 45.7 Å². The Balaban J connectivity index is 1.64. The Labute approximate surface area is 146 Å². The van der Waals surface area contributed by atoms with Gasteiger partial charge in [0.25, 0.3) is 5.91 Å². The monoisotopic (exact) mass is 345 g/mol. The van der Waals surface area contributed by atoms with Crippen LogP contribution in [0.4, 0.5) is 0 Å². The molecule has 6 heteroatoms. The van der Waals surface area contributed by atoms with Gasteiger partial charge in [-0.25, -0.2) is 4.98 Å². The SMILES string of the molecule is Cc1nc([C@H]2CCCN(C(=O)[C@@H](C)Oc3cccnc3)C2)sc1C. The topological polar surface area (TPSA) is 55.3 Å². The third kappa shape index (κ3) is 3.75. The van der Waals surface area contributed by atoms with Crippen LogP contribution in [0.25, 0.3) is 0 Å². The molecule has 1 aliphatic heterocycles. The van der Waals surface area contributed by atoms with E-state index >= 15 is 0 Å². The molecule has 0 spiro atoms. The highest BCUT2D eigenvalue weighted by atomic mass is 32.1. The van der Waals surface area contributed by atoms with Gasteiger partial charge < -0.3 is 9.64 Å². The Kier molecular flexibility index (Phi) is 5.14. The van der Waals surface area contributed by atoms with Gasteiger partial charge in [0.2, 0.25) is 0 Å². The highest BCUT2D eigenvalue weighted by molar-refractivity contribution is 7.11. The molecule has 5 nitrogen and oxygen atoms in total. The van der Waals surface area contributed by atoms with Gasteiger partial charge in [-0.1, -0.05) is 0 Å². The summed E-state index contributed by atoms with van der Waals surface area (Å²) >= 11 is 1.76. The second kappa shape index (κ2) is 7.30. The lowest BCUT2D eigenvalue weighted by Gasteiger charge is -2.33. The summed E-state index contributed by atoms with van der Waals surface area (Å²) in [5.74, 6) is 0.998. The molecule has 0 aromatic carbocycles. The fraction of sp³-hybridized carbons (Fsp3) is 0.500. The van der Waals surface area contributed by atoms with Crippen LogP contribution in [0, 0.1) is 13.8 Å². The summed E-state index contributed by atoms with van der Waals surface area (Å²) in [7, 11) is 0. The Bertz CT molecular complexity index is 682. The molecule has 0 N–H and O–H groups in total. The molecule has 1 saturated heterocycles. The average Bonchev–Trinajstić information content (AvgIpc) is 2.94. The van der Waals surface area contributed by atoms with Crippen LogP contribution in [0.1, 0.15) is 41.3 Å². The zero-order valence-electron chi connectivity index (χ0n) is 14.4. The first kappa shape index (κ1) is 16.9. The average molecular weight is 345 g/mol. The molecule has 0 aliphatic carbocycles. The van der Waals surface area contributed by atoms with Gasteiger partial charge in [-0.15, -0.1) is 11.3 Å². The first-order valence-electron chi connectivity index (χ1n) is 8.34. The Hall–Kier alpha value is -1.95. The maximum absolute atomic E-state index is 12.7. The third-order valence-electron chi connectivity index (χ3n) is 4.42. The van der Waals surface area contributed by atoms with E-state index in [1.165, 1.54) is 4.88 Å². The molecule has 2 aromatic rings. The molecule has 0 unspecified atom stereocenters. The summed E-state index contributed by atoms with van der Waals surface area (Å²) in [5.41, 5.74) is 1.10. The van der Waals surface area contributed by atoms with Crippen molar-refractivity contribution >= 4 is 17.2 Å². The fourth-order valence-electron chi connectivity index (χ4n) is 2.98. The van der Waals surface area contributed by atoms with Crippen molar-refractivity contribution in [3.05, 3.63) is 40.1 Å². The summed E-state index contributed by atoms with van der Waals surface area (Å²) in [5, 5.41) is 1.16. The number of aryl methyl sites for hydroxylation is 2. The van der Waals surface area contributed by atoms with Crippen molar-refractivity contribution in [2.45, 2.75) is 45.6 Å². The zero-order chi connectivity index (χ0) is 17.1. The molecule has 1 aliphatic rings. The van der Waals surface area contributed by atoms with Crippen molar-refractivity contribution < 1.29 is 9.53 Å². The molecule has 3 rings (SSSR count). The molecule has 2 aromatic heterocycles. The number of aromatic nitrogens is 2. The quantitative estimate of drug-likeness (QED) is 0.853. The number of nitrogens with zero attached hydrogens (tertiary/aromatic N) is 3. The van der Waals surface area contributed by atoms with Crippen LogP contribution in [0.5, 0.6) is 5.75 Å². The van der Waals surface area contributed by atoms with Crippen molar-refractivity contribution in [2.24, 2.45) is 0 Å². The van der Waals surface area contributed by atoms with Crippen molar-refractivity contribution in [2.75, 3.05) is 13.1 Å². The summed E-state index contributed by atoms with van der Waals surface area (Å²) < 4.78 is 5.73. The first-order chi connectivity index (χ1) is 11.5. The van der Waals surface area contributed by atoms with E-state index in [9.17, 15) is 4.79 Å². The van der Waals surface area contributed by atoms with E-state index in [-0.39, 0.29) is 5.91 Å². The minimum atomic E-state index is -0.507. The largest absolute Gasteiger partial charge is 0.479 e. The molecule has 24 heavy (non-hydrogen) atoms. The van der Waals surface area contributed by atoms with E-state index < -0.39 is 6.10 Å². The number of pyridine rings is 1. The van der Waals surface area contributed by atoms with Gasteiger partial charge >= 0.3 is 0 Å². The second-order valence-electron chi connectivity index (χ2n) is 6.27. The molecular weight excluding hydrogens is 322 g/mol. The van der Waals surface area contributed by atoms with E-state index in [1.807, 2.05) is 17.9 Å². The van der Waals surface area contributed by atoms with Crippen LogP contribution in [0.3, 0.4) is 0 Å². The number of carbonyl (C=O) groups is 1. The van der Waals surface area contributed by atoms with E-state index in [0.29, 0.717) is 11.7 Å². The molecule has 0 bridgehead atoms. The maximum Gasteiger partial charge on any atom is 0.263 e. The summed E-state index contributed by atoms with van der Waals surface area (Å²) in [6.07, 6.45) is 4.91. The number of rotatable bonds is 4. The van der Waals surface area contributed by atoms with E-state index in [2.05, 4.69) is 16.9 Å². The second-order valence-corrected chi connectivity index (χ2v) is 7.50. The number of hydrogen-bond donors (Lipinski definition) is 0. The van der Waals surface area contributed by atoms with Crippen LogP contribution in [-0.4, -0.2) is 40.0 Å². The van der Waals surface area contributed by atoms with E-state index in [4.69, 9.17) is 4.74 Å². The molecule has 2 atom stereocenters. The minimum Gasteiger partial charge on any atom is -0.479 e. The highest BCUT2D eigenvalue weighted by Gasteiger charge is 2.30. The van der Waals surface area contributed by atoms with Crippen molar-refractivity contribution in [1.29, 1.82) is 0 Å². The van der Waals surface area contributed by atoms with Crippen LogP contribution in [0.2, 0.25) is 0 Å². The van der Waals surface area contributed by atoms with Crippen LogP contribution in [-0.2, 0) is 4.79 Å². The van der Waals surface area contributed by atoms with Gasteiger partial charge in [-0.2, -0.15) is 0 Å². The number of amides is 1. The third-order valence-corrected chi connectivity index (χ3v) is 5.66. The van der Waals surface area contributed by atoms with Crippen LogP contribution in [0.15, 0.2) is 24.5 Å². The van der Waals surface area contributed by atoms with Crippen molar-refractivity contribution in [3.63, 3.8) is 0 Å². The van der Waals surface area contributed by atoms with Crippen molar-refractivity contribution in [3.8, 4) is 5.75 Å². The number of likely N-dealkylation sites (tertiary alicyclic amines) is 1. The predicted molar refractivity (Wildman–Crippen MR) is 94.5 cm³/mol. The van der Waals surface area contributed by atoms with Gasteiger partial charge in [0.15, 0.2) is 6.10 Å². The normalized spacial score (nSPS) is 19.1. The zero-order valence-corrected chi connectivity index (χ0v) is 15.2. The van der Waals surface area contributed by atoms with Crippen molar-refractivity contribution in [1.82, 2.24) is 14.9 Å². The maximum atomic E-state index is 12.7. The highest BCUT2D eigenvalue weighted by Crippen LogP contribution is 2.31. The Morgan fingerprint density at radius 1 is 1.46 bits per heavy atom. The Morgan fingerprint density at radius 3 is 2.96 bits per heavy atom. The standard InChI is InChI=1S/C18H23N3O2S/c1-12-14(3)24-17(20-12)15-6-5-9-21(11-15)18(22)13(2)23-16-7-4-8-19-10-16/h4,7-8,10,13,15H,5-6,9,11H2,1-3H3/t13-,15+/m1/s1. The Morgan fingerprint density at radius 2 is 2.29 bits per heavy atom. The summed E-state index contributed by atoms with van der Waals surface area (Å²) in [6.45, 7) is 7.47. The number of ether oxygens (including phenoxy) is 1. The van der Waals surface area contributed by atoms with Gasteiger partial charge in [0.1, 0.15) is 5.75 Å². The lowest BCUT2D eigenvalue weighted by molar-refractivity contribution is -0.139. The molecule has 128 valence electrons. The first-order valence-corrected chi connectivity index (χ1v) is 9.15. The summed E-state index contributed by atoms with van der Waals surface area (Å²) in [6, 6.07) is 3.62. The van der Waals surface area contributed by atoms with Gasteiger partial charge in [0.05, 0.1) is 16.9 Å².